The summed E-state index contributed by atoms with van der Waals surface area (Å²) in [5.74, 6) is 0. The highest BCUT2D eigenvalue weighted by molar-refractivity contribution is 7.15. The predicted molar refractivity (Wildman–Crippen MR) is 86.7 cm³/mol. The molecule has 0 atom stereocenters. The molecule has 0 fully saturated rings. The molecule has 122 valence electrons. The lowest BCUT2D eigenvalue weighted by molar-refractivity contribution is -0.141. The Morgan fingerprint density at radius 2 is 1.96 bits per heavy atom. The number of halogens is 3. The van der Waals surface area contributed by atoms with Crippen LogP contribution in [-0.4, -0.2) is 19.4 Å². The van der Waals surface area contributed by atoms with Gasteiger partial charge in [-0.1, -0.05) is 0 Å². The quantitative estimate of drug-likeness (QED) is 0.571. The van der Waals surface area contributed by atoms with Crippen LogP contribution in [0.4, 0.5) is 24.0 Å². The van der Waals surface area contributed by atoms with Gasteiger partial charge in [0.05, 0.1) is 23.8 Å². The Morgan fingerprint density at radius 3 is 2.71 bits per heavy atom. The Kier molecular flexibility index (Phi) is 3.50. The van der Waals surface area contributed by atoms with Gasteiger partial charge in [-0.25, -0.2) is 15.0 Å². The van der Waals surface area contributed by atoms with Gasteiger partial charge in [0.2, 0.25) is 0 Å². The first kappa shape index (κ1) is 15.1. The van der Waals surface area contributed by atoms with Crippen LogP contribution in [0.3, 0.4) is 0 Å². The molecule has 4 aromatic rings. The Hall–Kier alpha value is -2.46. The summed E-state index contributed by atoms with van der Waals surface area (Å²) in [6.45, 7) is 0. The molecule has 0 aliphatic carbocycles. The highest BCUT2D eigenvalue weighted by Gasteiger charge is 2.32. The Bertz CT molecular complexity index is 984. The predicted octanol–water partition coefficient (Wildman–Crippen LogP) is 4.68. The molecule has 4 aromatic heterocycles. The number of hydrogen-bond acceptors (Lipinski definition) is 6. The van der Waals surface area contributed by atoms with Crippen molar-refractivity contribution in [3.05, 3.63) is 47.2 Å². The minimum atomic E-state index is -4.44. The number of alkyl halides is 3. The zero-order valence-electron chi connectivity index (χ0n) is 11.8. The molecule has 4 heterocycles. The summed E-state index contributed by atoms with van der Waals surface area (Å²) in [5, 5.41) is 7.32. The molecule has 0 aliphatic heterocycles. The maximum absolute atomic E-state index is 12.5. The van der Waals surface area contributed by atoms with E-state index in [2.05, 4.69) is 20.3 Å². The molecule has 0 bridgehead atoms. The van der Waals surface area contributed by atoms with E-state index in [1.54, 1.807) is 6.20 Å². The number of imidazole rings is 1. The van der Waals surface area contributed by atoms with E-state index in [9.17, 15) is 13.2 Å². The molecule has 10 heteroatoms. The summed E-state index contributed by atoms with van der Waals surface area (Å²) in [6, 6.07) is 2.26. The molecule has 0 amide bonds. The van der Waals surface area contributed by atoms with Gasteiger partial charge in [-0.2, -0.15) is 13.2 Å². The zero-order valence-corrected chi connectivity index (χ0v) is 13.4. The standard InChI is InChI=1S/C14H8F3N5S2/c15-14(16,17)11-2-1-8(5-18-11)20-12-21-9(7-24-12)10-6-19-13-22(10)3-4-23-13/h1-7H,(H,20,21). The first-order chi connectivity index (χ1) is 11.5. The van der Waals surface area contributed by atoms with E-state index in [-0.39, 0.29) is 0 Å². The lowest BCUT2D eigenvalue weighted by Crippen LogP contribution is -2.07. The first-order valence-corrected chi connectivity index (χ1v) is 8.43. The SMILES string of the molecule is FC(F)(F)c1ccc(Nc2nc(-c3cnc4sccn34)cs2)cn1. The van der Waals surface area contributed by atoms with E-state index >= 15 is 0 Å². The number of fused-ring (bicyclic) bond motifs is 1. The third-order valence-electron chi connectivity index (χ3n) is 3.22. The van der Waals surface area contributed by atoms with Crippen molar-refractivity contribution in [2.75, 3.05) is 5.32 Å². The van der Waals surface area contributed by atoms with Gasteiger partial charge in [-0.05, 0) is 12.1 Å². The van der Waals surface area contributed by atoms with E-state index in [0.29, 0.717) is 10.8 Å². The van der Waals surface area contributed by atoms with Crippen molar-refractivity contribution in [1.29, 1.82) is 0 Å². The number of nitrogens with zero attached hydrogens (tertiary/aromatic N) is 4. The van der Waals surface area contributed by atoms with Crippen molar-refractivity contribution in [2.24, 2.45) is 0 Å². The Morgan fingerprint density at radius 1 is 1.08 bits per heavy atom. The summed E-state index contributed by atoms with van der Waals surface area (Å²) in [7, 11) is 0. The number of hydrogen-bond donors (Lipinski definition) is 1. The Balaban J connectivity index is 1.56. The fraction of sp³-hybridized carbons (Fsp3) is 0.0714. The van der Waals surface area contributed by atoms with Crippen LogP contribution in [0, 0.1) is 0 Å². The number of aromatic nitrogens is 4. The number of anilines is 2. The summed E-state index contributed by atoms with van der Waals surface area (Å²) in [6.07, 6.45) is 0.347. The Labute approximate surface area is 141 Å². The molecule has 0 spiro atoms. The van der Waals surface area contributed by atoms with E-state index in [1.807, 2.05) is 21.4 Å². The van der Waals surface area contributed by atoms with Crippen molar-refractivity contribution in [2.45, 2.75) is 6.18 Å². The summed E-state index contributed by atoms with van der Waals surface area (Å²) in [4.78, 5) is 13.0. The number of pyridine rings is 1. The lowest BCUT2D eigenvalue weighted by atomic mass is 10.3. The second-order valence-corrected chi connectivity index (χ2v) is 6.52. The first-order valence-electron chi connectivity index (χ1n) is 6.67. The van der Waals surface area contributed by atoms with Crippen molar-refractivity contribution in [1.82, 2.24) is 19.4 Å². The van der Waals surface area contributed by atoms with E-state index < -0.39 is 11.9 Å². The summed E-state index contributed by atoms with van der Waals surface area (Å²) in [5.41, 5.74) is 1.12. The van der Waals surface area contributed by atoms with Crippen LogP contribution in [0.5, 0.6) is 0 Å². The van der Waals surface area contributed by atoms with Crippen LogP contribution < -0.4 is 5.32 Å². The van der Waals surface area contributed by atoms with Gasteiger partial charge in [0, 0.05) is 17.0 Å². The molecule has 0 aromatic carbocycles. The normalized spacial score (nSPS) is 12.0. The molecule has 0 unspecified atom stereocenters. The van der Waals surface area contributed by atoms with Crippen LogP contribution in [0.1, 0.15) is 5.69 Å². The van der Waals surface area contributed by atoms with Crippen molar-refractivity contribution in [3.63, 3.8) is 0 Å². The molecule has 4 rings (SSSR count). The average molecular weight is 367 g/mol. The van der Waals surface area contributed by atoms with Gasteiger partial charge < -0.3 is 5.32 Å². The molecule has 1 N–H and O–H groups in total. The topological polar surface area (TPSA) is 55.1 Å². The second-order valence-electron chi connectivity index (χ2n) is 4.79. The average Bonchev–Trinajstić information content (AvgIpc) is 3.22. The second kappa shape index (κ2) is 5.56. The lowest BCUT2D eigenvalue weighted by Gasteiger charge is -2.06. The van der Waals surface area contributed by atoms with Crippen molar-refractivity contribution in [3.8, 4) is 11.4 Å². The smallest absolute Gasteiger partial charge is 0.330 e. The van der Waals surface area contributed by atoms with Gasteiger partial charge in [0.25, 0.3) is 0 Å². The maximum Gasteiger partial charge on any atom is 0.433 e. The number of rotatable bonds is 3. The molecule has 24 heavy (non-hydrogen) atoms. The molecular weight excluding hydrogens is 359 g/mol. The summed E-state index contributed by atoms with van der Waals surface area (Å²) >= 11 is 2.88. The highest BCUT2D eigenvalue weighted by Crippen LogP contribution is 2.30. The van der Waals surface area contributed by atoms with E-state index in [0.717, 1.165) is 28.6 Å². The van der Waals surface area contributed by atoms with Crippen LogP contribution in [0.25, 0.3) is 16.3 Å². The number of nitrogens with one attached hydrogen (secondary N) is 1. The fourth-order valence-corrected chi connectivity index (χ4v) is 3.54. The molecule has 5 nitrogen and oxygen atoms in total. The van der Waals surface area contributed by atoms with Crippen molar-refractivity contribution >= 4 is 38.5 Å². The number of thiazole rings is 2. The van der Waals surface area contributed by atoms with Crippen LogP contribution >= 0.6 is 22.7 Å². The highest BCUT2D eigenvalue weighted by atomic mass is 32.1. The monoisotopic (exact) mass is 367 g/mol. The fourth-order valence-electron chi connectivity index (χ4n) is 2.12. The third-order valence-corrected chi connectivity index (χ3v) is 4.75. The zero-order chi connectivity index (χ0) is 16.7. The van der Waals surface area contributed by atoms with Crippen LogP contribution in [0.15, 0.2) is 41.5 Å². The van der Waals surface area contributed by atoms with Gasteiger partial charge in [-0.3, -0.25) is 4.40 Å². The maximum atomic E-state index is 12.5. The third kappa shape index (κ3) is 2.74. The van der Waals surface area contributed by atoms with E-state index in [1.165, 1.54) is 28.7 Å². The molecule has 0 aliphatic rings. The molecule has 0 saturated heterocycles. The minimum absolute atomic E-state index is 0.442. The molecule has 0 radical (unpaired) electrons. The van der Waals surface area contributed by atoms with Gasteiger partial charge in [0.15, 0.2) is 10.1 Å². The van der Waals surface area contributed by atoms with Gasteiger partial charge in [0.1, 0.15) is 11.4 Å². The molecule has 0 saturated carbocycles. The molecular formula is C14H8F3N5S2. The van der Waals surface area contributed by atoms with Gasteiger partial charge >= 0.3 is 6.18 Å². The minimum Gasteiger partial charge on any atom is -0.330 e. The van der Waals surface area contributed by atoms with Crippen LogP contribution in [-0.2, 0) is 6.18 Å². The summed E-state index contributed by atoms with van der Waals surface area (Å²) < 4.78 is 39.5. The van der Waals surface area contributed by atoms with Gasteiger partial charge in [-0.15, -0.1) is 22.7 Å². The van der Waals surface area contributed by atoms with Crippen LogP contribution in [0.2, 0.25) is 0 Å². The van der Waals surface area contributed by atoms with Crippen molar-refractivity contribution < 1.29 is 13.2 Å². The largest absolute Gasteiger partial charge is 0.433 e. The van der Waals surface area contributed by atoms with E-state index in [4.69, 9.17) is 0 Å².